The van der Waals surface area contributed by atoms with Crippen LogP contribution in [0.2, 0.25) is 0 Å². The van der Waals surface area contributed by atoms with Gasteiger partial charge < -0.3 is 19.8 Å². The van der Waals surface area contributed by atoms with E-state index >= 15 is 0 Å². The van der Waals surface area contributed by atoms with Gasteiger partial charge in [0.1, 0.15) is 24.4 Å². The Morgan fingerprint density at radius 1 is 1.07 bits per heavy atom. The number of hydrogen-bond acceptors (Lipinski definition) is 7. The first-order valence-electron chi connectivity index (χ1n) is 9.42. The van der Waals surface area contributed by atoms with E-state index < -0.39 is 5.95 Å². The van der Waals surface area contributed by atoms with Gasteiger partial charge in [0.05, 0.1) is 23.9 Å². The molecule has 0 aromatic carbocycles. The summed E-state index contributed by atoms with van der Waals surface area (Å²) in [5.74, 6) is 0.299. The second kappa shape index (κ2) is 8.83. The summed E-state index contributed by atoms with van der Waals surface area (Å²) < 4.78 is 25.4. The zero-order valence-electron chi connectivity index (χ0n) is 16.6. The molecule has 0 atom stereocenters. The van der Waals surface area contributed by atoms with Gasteiger partial charge in [0, 0.05) is 31.0 Å². The minimum absolute atomic E-state index is 0.319. The Bertz CT molecular complexity index is 1150. The summed E-state index contributed by atoms with van der Waals surface area (Å²) in [5.41, 5.74) is 3.55. The Morgan fingerprint density at radius 2 is 1.97 bits per heavy atom. The van der Waals surface area contributed by atoms with Crippen LogP contribution < -0.4 is 10.1 Å². The van der Waals surface area contributed by atoms with Crippen molar-refractivity contribution in [3.63, 3.8) is 0 Å². The third kappa shape index (κ3) is 4.36. The Balaban J connectivity index is 1.55. The molecule has 0 fully saturated rings. The van der Waals surface area contributed by atoms with Crippen molar-refractivity contribution in [2.75, 3.05) is 25.6 Å². The van der Waals surface area contributed by atoms with Crippen molar-refractivity contribution in [3.05, 3.63) is 65.8 Å². The van der Waals surface area contributed by atoms with E-state index in [-0.39, 0.29) is 0 Å². The molecule has 0 saturated carbocycles. The van der Waals surface area contributed by atoms with Crippen LogP contribution in [-0.4, -0.2) is 45.2 Å². The standard InChI is InChI=1S/C21H21FN6O2/c1-13-3-5-16(11-23-13)27-17-6-4-14(19(22)28-17)9-15-10-24-20-18(15)21(26-12-25-20)30-8-7-29-2/h3-6,10-12H,7-9H2,1-2H3,(H,27,28)(H,24,25,26). The van der Waals surface area contributed by atoms with Gasteiger partial charge in [0.2, 0.25) is 11.8 Å². The van der Waals surface area contributed by atoms with Crippen LogP contribution in [0.3, 0.4) is 0 Å². The van der Waals surface area contributed by atoms with Crippen LogP contribution in [0.15, 0.2) is 43.0 Å². The summed E-state index contributed by atoms with van der Waals surface area (Å²) in [6.45, 7) is 2.70. The number of rotatable bonds is 8. The topological polar surface area (TPSA) is 97.8 Å². The van der Waals surface area contributed by atoms with E-state index in [0.29, 0.717) is 42.5 Å². The quantitative estimate of drug-likeness (QED) is 0.340. The Morgan fingerprint density at radius 3 is 2.73 bits per heavy atom. The van der Waals surface area contributed by atoms with Crippen molar-refractivity contribution in [2.24, 2.45) is 0 Å². The zero-order valence-corrected chi connectivity index (χ0v) is 16.6. The van der Waals surface area contributed by atoms with Gasteiger partial charge >= 0.3 is 0 Å². The number of anilines is 2. The van der Waals surface area contributed by atoms with E-state index in [2.05, 4.69) is 30.2 Å². The fourth-order valence-corrected chi connectivity index (χ4v) is 3.03. The molecule has 8 nitrogen and oxygen atoms in total. The second-order valence-corrected chi connectivity index (χ2v) is 6.69. The van der Waals surface area contributed by atoms with Gasteiger partial charge in [-0.05, 0) is 30.7 Å². The molecule has 0 aliphatic heterocycles. The smallest absolute Gasteiger partial charge is 0.226 e. The van der Waals surface area contributed by atoms with Gasteiger partial charge in [0.25, 0.3) is 0 Å². The van der Waals surface area contributed by atoms with Crippen LogP contribution in [0.1, 0.15) is 16.8 Å². The summed E-state index contributed by atoms with van der Waals surface area (Å²) in [7, 11) is 1.60. The van der Waals surface area contributed by atoms with Gasteiger partial charge in [-0.3, -0.25) is 4.98 Å². The molecule has 4 aromatic rings. The molecule has 0 aliphatic rings. The molecule has 0 saturated heterocycles. The fourth-order valence-electron chi connectivity index (χ4n) is 3.03. The lowest BCUT2D eigenvalue weighted by molar-refractivity contribution is 0.144. The predicted molar refractivity (Wildman–Crippen MR) is 111 cm³/mol. The van der Waals surface area contributed by atoms with Crippen molar-refractivity contribution >= 4 is 22.5 Å². The Kier molecular flexibility index (Phi) is 5.80. The lowest BCUT2D eigenvalue weighted by Crippen LogP contribution is -2.06. The number of fused-ring (bicyclic) bond motifs is 1. The monoisotopic (exact) mass is 408 g/mol. The molecule has 0 amide bonds. The molecule has 30 heavy (non-hydrogen) atoms. The summed E-state index contributed by atoms with van der Waals surface area (Å²) in [5, 5.41) is 3.78. The molecular weight excluding hydrogens is 387 g/mol. The fraction of sp³-hybridized carbons (Fsp3) is 0.238. The van der Waals surface area contributed by atoms with E-state index in [0.717, 1.165) is 22.3 Å². The minimum Gasteiger partial charge on any atom is -0.475 e. The molecule has 0 unspecified atom stereocenters. The van der Waals surface area contributed by atoms with E-state index in [1.54, 1.807) is 31.6 Å². The van der Waals surface area contributed by atoms with Gasteiger partial charge in [0.15, 0.2) is 0 Å². The van der Waals surface area contributed by atoms with Crippen LogP contribution >= 0.6 is 0 Å². The number of nitrogens with zero attached hydrogens (tertiary/aromatic N) is 4. The lowest BCUT2D eigenvalue weighted by Gasteiger charge is -2.09. The van der Waals surface area contributed by atoms with E-state index in [4.69, 9.17) is 9.47 Å². The van der Waals surface area contributed by atoms with Crippen LogP contribution in [-0.2, 0) is 11.2 Å². The number of halogens is 1. The van der Waals surface area contributed by atoms with Crippen molar-refractivity contribution < 1.29 is 13.9 Å². The summed E-state index contributed by atoms with van der Waals surface area (Å²) >= 11 is 0. The maximum absolute atomic E-state index is 14.7. The van der Waals surface area contributed by atoms with Gasteiger partial charge in [-0.25, -0.2) is 15.0 Å². The lowest BCUT2D eigenvalue weighted by atomic mass is 10.1. The van der Waals surface area contributed by atoms with Crippen LogP contribution in [0.5, 0.6) is 5.88 Å². The Labute approximate surface area is 172 Å². The third-order valence-corrected chi connectivity index (χ3v) is 4.53. The summed E-state index contributed by atoms with van der Waals surface area (Å²) in [6.07, 6.45) is 5.21. The highest BCUT2D eigenvalue weighted by Crippen LogP contribution is 2.28. The first kappa shape index (κ1) is 19.7. The first-order valence-corrected chi connectivity index (χ1v) is 9.42. The molecule has 4 rings (SSSR count). The largest absolute Gasteiger partial charge is 0.475 e. The minimum atomic E-state index is -0.548. The molecule has 9 heteroatoms. The first-order chi connectivity index (χ1) is 14.6. The number of aryl methyl sites for hydroxylation is 1. The molecule has 0 bridgehead atoms. The van der Waals surface area contributed by atoms with Crippen molar-refractivity contribution in [2.45, 2.75) is 13.3 Å². The van der Waals surface area contributed by atoms with Crippen molar-refractivity contribution in [1.29, 1.82) is 0 Å². The number of ether oxygens (including phenoxy) is 2. The molecule has 2 N–H and O–H groups in total. The normalized spacial score (nSPS) is 11.0. The number of aromatic amines is 1. The van der Waals surface area contributed by atoms with Crippen molar-refractivity contribution in [3.8, 4) is 5.88 Å². The zero-order chi connectivity index (χ0) is 20.9. The number of aromatic nitrogens is 5. The number of H-pyrrole nitrogens is 1. The highest BCUT2D eigenvalue weighted by Gasteiger charge is 2.15. The summed E-state index contributed by atoms with van der Waals surface area (Å²) in [6, 6.07) is 7.19. The number of hydrogen-bond donors (Lipinski definition) is 2. The molecule has 0 spiro atoms. The number of nitrogens with one attached hydrogen (secondary N) is 2. The molecule has 4 aromatic heterocycles. The van der Waals surface area contributed by atoms with Crippen LogP contribution in [0, 0.1) is 12.9 Å². The molecule has 154 valence electrons. The van der Waals surface area contributed by atoms with Gasteiger partial charge in [-0.2, -0.15) is 4.39 Å². The van der Waals surface area contributed by atoms with Gasteiger partial charge in [-0.1, -0.05) is 6.07 Å². The SMILES string of the molecule is COCCOc1ncnc2[nH]cc(Cc3ccc(Nc4ccc(C)nc4)nc3F)c12. The number of methoxy groups -OCH3 is 1. The number of pyridine rings is 2. The maximum atomic E-state index is 14.7. The molecular formula is C21H21FN6O2. The highest BCUT2D eigenvalue weighted by molar-refractivity contribution is 5.85. The van der Waals surface area contributed by atoms with Crippen molar-refractivity contribution in [1.82, 2.24) is 24.9 Å². The van der Waals surface area contributed by atoms with E-state index in [9.17, 15) is 4.39 Å². The molecule has 0 aliphatic carbocycles. The van der Waals surface area contributed by atoms with Crippen LogP contribution in [0.4, 0.5) is 15.9 Å². The second-order valence-electron chi connectivity index (χ2n) is 6.69. The maximum Gasteiger partial charge on any atom is 0.226 e. The average Bonchev–Trinajstić information content (AvgIpc) is 3.16. The molecule has 0 radical (unpaired) electrons. The van der Waals surface area contributed by atoms with E-state index in [1.807, 2.05) is 19.1 Å². The summed E-state index contributed by atoms with van der Waals surface area (Å²) in [4.78, 5) is 19.8. The Hall–Kier alpha value is -3.59. The van der Waals surface area contributed by atoms with E-state index in [1.165, 1.54) is 6.33 Å². The highest BCUT2D eigenvalue weighted by atomic mass is 19.1. The predicted octanol–water partition coefficient (Wildman–Crippen LogP) is 3.56. The van der Waals surface area contributed by atoms with Crippen LogP contribution in [0.25, 0.3) is 11.0 Å². The van der Waals surface area contributed by atoms with Gasteiger partial charge in [-0.15, -0.1) is 0 Å². The third-order valence-electron chi connectivity index (χ3n) is 4.53. The average molecular weight is 408 g/mol. The molecule has 4 heterocycles.